The van der Waals surface area contributed by atoms with Crippen LogP contribution in [0.25, 0.3) is 0 Å². The Kier molecular flexibility index (Phi) is 5.44. The van der Waals surface area contributed by atoms with Crippen molar-refractivity contribution in [3.8, 4) is 0 Å². The molecule has 0 saturated carbocycles. The lowest BCUT2D eigenvalue weighted by molar-refractivity contribution is 0.695. The fraction of sp³-hybridized carbons (Fsp3) is 0.143. The highest BCUT2D eigenvalue weighted by Gasteiger charge is 2.40. The number of rotatable bonds is 5. The van der Waals surface area contributed by atoms with E-state index in [1.807, 2.05) is 11.8 Å². The molecule has 2 heteroatoms. The van der Waals surface area contributed by atoms with Gasteiger partial charge in [0.15, 0.2) is 0 Å². The molecule has 5 rings (SSSR count). The average molecular weight is 408 g/mol. The summed E-state index contributed by atoms with van der Waals surface area (Å²) in [5, 5.41) is 4.02. The van der Waals surface area contributed by atoms with Gasteiger partial charge < -0.3 is 5.32 Å². The van der Waals surface area contributed by atoms with Gasteiger partial charge in [-0.15, -0.1) is 11.8 Å². The predicted octanol–water partition coefficient (Wildman–Crippen LogP) is 6.40. The highest BCUT2D eigenvalue weighted by Crippen LogP contribution is 2.48. The zero-order valence-electron chi connectivity index (χ0n) is 16.9. The molecule has 4 aromatic carbocycles. The highest BCUT2D eigenvalue weighted by molar-refractivity contribution is 7.99. The molecule has 1 unspecified atom stereocenters. The number of hydrogen-bond acceptors (Lipinski definition) is 2. The summed E-state index contributed by atoms with van der Waals surface area (Å²) in [4.78, 5) is 0. The average Bonchev–Trinajstić information content (AvgIpc) is 3.37. The van der Waals surface area contributed by atoms with Crippen LogP contribution in [0.3, 0.4) is 0 Å². The van der Waals surface area contributed by atoms with E-state index in [4.69, 9.17) is 0 Å². The number of benzene rings is 4. The van der Waals surface area contributed by atoms with Gasteiger partial charge in [-0.2, -0.15) is 0 Å². The minimum absolute atomic E-state index is 0.316. The molecule has 1 aliphatic rings. The summed E-state index contributed by atoms with van der Waals surface area (Å²) < 4.78 is 0. The topological polar surface area (TPSA) is 12.0 Å². The third-order valence-corrected chi connectivity index (χ3v) is 7.18. The maximum atomic E-state index is 3.70. The van der Waals surface area contributed by atoms with Gasteiger partial charge in [0.25, 0.3) is 0 Å². The van der Waals surface area contributed by atoms with Crippen LogP contribution in [0.5, 0.6) is 0 Å². The van der Waals surface area contributed by atoms with Crippen LogP contribution in [0.2, 0.25) is 0 Å². The second-order valence-corrected chi connectivity index (χ2v) is 8.85. The van der Waals surface area contributed by atoms with Crippen molar-refractivity contribution in [3.63, 3.8) is 0 Å². The largest absolute Gasteiger partial charge is 0.301 e. The molecule has 0 aromatic heterocycles. The first kappa shape index (κ1) is 19.2. The Morgan fingerprint density at radius 1 is 0.600 bits per heavy atom. The maximum Gasteiger partial charge on any atom is 0.0793 e. The molecular weight excluding hydrogens is 382 g/mol. The van der Waals surface area contributed by atoms with Gasteiger partial charge in [0, 0.05) is 12.3 Å². The molecule has 1 saturated heterocycles. The summed E-state index contributed by atoms with van der Waals surface area (Å²) in [5.74, 6) is 1.15. The lowest BCUT2D eigenvalue weighted by Gasteiger charge is -2.39. The standard InChI is InChI=1S/C28H25NS/c1-4-12-22(13-5-1)28(23-14-6-2-7-15-23,24-16-8-3-9-17-24)26-19-11-10-18-25(26)27-29-20-21-30-27/h1-19,27,29H,20-21H2. The fourth-order valence-electron chi connectivity index (χ4n) is 4.72. The zero-order chi connectivity index (χ0) is 20.2. The summed E-state index contributed by atoms with van der Waals surface area (Å²) in [7, 11) is 0. The maximum absolute atomic E-state index is 3.70. The van der Waals surface area contributed by atoms with E-state index < -0.39 is 0 Å². The Balaban J connectivity index is 1.89. The third-order valence-electron chi connectivity index (χ3n) is 5.98. The van der Waals surface area contributed by atoms with Gasteiger partial charge in [-0.3, -0.25) is 0 Å². The summed E-state index contributed by atoms with van der Waals surface area (Å²) in [6.45, 7) is 1.05. The molecular formula is C28H25NS. The van der Waals surface area contributed by atoms with Crippen molar-refractivity contribution in [3.05, 3.63) is 143 Å². The summed E-state index contributed by atoms with van der Waals surface area (Å²) in [5.41, 5.74) is 6.20. The van der Waals surface area contributed by atoms with E-state index in [0.29, 0.717) is 5.37 Å². The quantitative estimate of drug-likeness (QED) is 0.384. The van der Waals surface area contributed by atoms with Gasteiger partial charge in [-0.1, -0.05) is 115 Å². The van der Waals surface area contributed by atoms with Gasteiger partial charge in [0.1, 0.15) is 0 Å². The van der Waals surface area contributed by atoms with Crippen LogP contribution in [0.4, 0.5) is 0 Å². The van der Waals surface area contributed by atoms with Gasteiger partial charge >= 0.3 is 0 Å². The second-order valence-electron chi connectivity index (χ2n) is 7.64. The molecule has 0 spiro atoms. The summed E-state index contributed by atoms with van der Waals surface area (Å²) in [6, 6.07) is 41.8. The molecule has 30 heavy (non-hydrogen) atoms. The van der Waals surface area contributed by atoms with Crippen molar-refractivity contribution in [2.75, 3.05) is 12.3 Å². The highest BCUT2D eigenvalue weighted by atomic mass is 32.2. The molecule has 1 N–H and O–H groups in total. The Morgan fingerprint density at radius 2 is 1.07 bits per heavy atom. The first-order valence-electron chi connectivity index (χ1n) is 10.5. The predicted molar refractivity (Wildman–Crippen MR) is 128 cm³/mol. The normalized spacial score (nSPS) is 16.5. The van der Waals surface area contributed by atoms with Crippen molar-refractivity contribution >= 4 is 11.8 Å². The molecule has 1 heterocycles. The van der Waals surface area contributed by atoms with E-state index in [0.717, 1.165) is 12.3 Å². The third kappa shape index (κ3) is 3.27. The Hall–Kier alpha value is -2.81. The molecule has 1 fully saturated rings. The van der Waals surface area contributed by atoms with Gasteiger partial charge in [-0.05, 0) is 27.8 Å². The van der Waals surface area contributed by atoms with E-state index >= 15 is 0 Å². The number of hydrogen-bond donors (Lipinski definition) is 1. The van der Waals surface area contributed by atoms with E-state index in [1.54, 1.807) is 0 Å². The van der Waals surface area contributed by atoms with E-state index in [1.165, 1.54) is 27.8 Å². The molecule has 4 aromatic rings. The first-order valence-corrected chi connectivity index (χ1v) is 11.6. The Bertz CT molecular complexity index is 990. The fourth-order valence-corrected chi connectivity index (χ4v) is 5.82. The van der Waals surface area contributed by atoms with Crippen LogP contribution < -0.4 is 5.32 Å². The van der Waals surface area contributed by atoms with E-state index in [2.05, 4.69) is 121 Å². The van der Waals surface area contributed by atoms with Crippen LogP contribution >= 0.6 is 11.8 Å². The first-order chi connectivity index (χ1) is 14.9. The van der Waals surface area contributed by atoms with Gasteiger partial charge in [0.2, 0.25) is 0 Å². The van der Waals surface area contributed by atoms with Crippen molar-refractivity contribution in [1.29, 1.82) is 0 Å². The minimum atomic E-state index is -0.384. The van der Waals surface area contributed by atoms with Gasteiger partial charge in [0.05, 0.1) is 10.8 Å². The molecule has 1 atom stereocenters. The Labute approximate surface area is 183 Å². The number of nitrogens with one attached hydrogen (secondary N) is 1. The van der Waals surface area contributed by atoms with Crippen molar-refractivity contribution in [2.45, 2.75) is 10.8 Å². The van der Waals surface area contributed by atoms with Crippen molar-refractivity contribution in [2.24, 2.45) is 0 Å². The lowest BCUT2D eigenvalue weighted by atomic mass is 9.64. The smallest absolute Gasteiger partial charge is 0.0793 e. The van der Waals surface area contributed by atoms with Crippen LogP contribution in [0, 0.1) is 0 Å². The van der Waals surface area contributed by atoms with Crippen molar-refractivity contribution in [1.82, 2.24) is 5.32 Å². The monoisotopic (exact) mass is 407 g/mol. The van der Waals surface area contributed by atoms with Crippen LogP contribution in [-0.4, -0.2) is 12.3 Å². The van der Waals surface area contributed by atoms with Crippen molar-refractivity contribution < 1.29 is 0 Å². The lowest BCUT2D eigenvalue weighted by Crippen LogP contribution is -2.33. The summed E-state index contributed by atoms with van der Waals surface area (Å²) >= 11 is 2.00. The summed E-state index contributed by atoms with van der Waals surface area (Å²) in [6.07, 6.45) is 0. The SMILES string of the molecule is c1ccc(C(c2ccccc2)(c2ccccc2)c2ccccc2C2NCCS2)cc1. The molecule has 0 amide bonds. The molecule has 0 radical (unpaired) electrons. The Morgan fingerprint density at radius 3 is 1.53 bits per heavy atom. The number of thioether (sulfide) groups is 1. The van der Waals surface area contributed by atoms with Crippen LogP contribution in [-0.2, 0) is 5.41 Å². The van der Waals surface area contributed by atoms with Crippen LogP contribution in [0.15, 0.2) is 115 Å². The van der Waals surface area contributed by atoms with E-state index in [-0.39, 0.29) is 5.41 Å². The molecule has 148 valence electrons. The zero-order valence-corrected chi connectivity index (χ0v) is 17.7. The molecule has 0 bridgehead atoms. The molecule has 1 aliphatic heterocycles. The second kappa shape index (κ2) is 8.51. The minimum Gasteiger partial charge on any atom is -0.301 e. The molecule has 0 aliphatic carbocycles. The van der Waals surface area contributed by atoms with Gasteiger partial charge in [-0.25, -0.2) is 0 Å². The van der Waals surface area contributed by atoms with Crippen LogP contribution in [0.1, 0.15) is 33.2 Å². The molecule has 1 nitrogen and oxygen atoms in total. The van der Waals surface area contributed by atoms with E-state index in [9.17, 15) is 0 Å².